The average Bonchev–Trinajstić information content (AvgIpc) is 2.96. The largest absolute Gasteiger partial charge is 0.497 e. The molecule has 0 amide bonds. The standard InChI is InChI=1S/C16H26N2O/c1-14(15-7-5-8-16(13-15)19-2)17-9-6-12-18-10-3-4-11-18/h5,7-8,13-14,17H,3-4,6,9-12H2,1-2H3/t14-/m0/s1. The highest BCUT2D eigenvalue weighted by atomic mass is 16.5. The Balaban J connectivity index is 1.69. The molecule has 19 heavy (non-hydrogen) atoms. The molecule has 0 radical (unpaired) electrons. The maximum Gasteiger partial charge on any atom is 0.119 e. The lowest BCUT2D eigenvalue weighted by Crippen LogP contribution is -2.26. The summed E-state index contributed by atoms with van der Waals surface area (Å²) >= 11 is 0. The van der Waals surface area contributed by atoms with E-state index in [1.54, 1.807) is 7.11 Å². The van der Waals surface area contributed by atoms with Crippen molar-refractivity contribution in [3.8, 4) is 5.75 Å². The van der Waals surface area contributed by atoms with Crippen molar-refractivity contribution in [2.45, 2.75) is 32.2 Å². The Hall–Kier alpha value is -1.06. The number of hydrogen-bond donors (Lipinski definition) is 1. The van der Waals surface area contributed by atoms with Gasteiger partial charge in [0.15, 0.2) is 0 Å². The third-order valence-corrected chi connectivity index (χ3v) is 3.89. The van der Waals surface area contributed by atoms with E-state index in [2.05, 4.69) is 35.3 Å². The van der Waals surface area contributed by atoms with Gasteiger partial charge < -0.3 is 15.0 Å². The lowest BCUT2D eigenvalue weighted by atomic mass is 10.1. The second-order valence-corrected chi connectivity index (χ2v) is 5.35. The summed E-state index contributed by atoms with van der Waals surface area (Å²) in [5.41, 5.74) is 1.29. The van der Waals surface area contributed by atoms with Crippen LogP contribution in [-0.4, -0.2) is 38.2 Å². The lowest BCUT2D eigenvalue weighted by Gasteiger charge is -2.17. The molecule has 3 heteroatoms. The molecule has 0 unspecified atom stereocenters. The van der Waals surface area contributed by atoms with Gasteiger partial charge in [0.1, 0.15) is 5.75 Å². The topological polar surface area (TPSA) is 24.5 Å². The first-order valence-corrected chi connectivity index (χ1v) is 7.39. The van der Waals surface area contributed by atoms with Crippen LogP contribution in [0, 0.1) is 0 Å². The van der Waals surface area contributed by atoms with Crippen LogP contribution in [0.4, 0.5) is 0 Å². The van der Waals surface area contributed by atoms with E-state index in [1.807, 2.05) is 6.07 Å². The molecule has 1 aromatic rings. The van der Waals surface area contributed by atoms with Crippen molar-refractivity contribution in [2.75, 3.05) is 33.3 Å². The predicted molar refractivity (Wildman–Crippen MR) is 79.7 cm³/mol. The summed E-state index contributed by atoms with van der Waals surface area (Å²) in [4.78, 5) is 2.57. The number of nitrogens with one attached hydrogen (secondary N) is 1. The number of hydrogen-bond acceptors (Lipinski definition) is 3. The van der Waals surface area contributed by atoms with Crippen LogP contribution in [0.2, 0.25) is 0 Å². The fourth-order valence-corrected chi connectivity index (χ4v) is 2.66. The third-order valence-electron chi connectivity index (χ3n) is 3.89. The monoisotopic (exact) mass is 262 g/mol. The normalized spacial score (nSPS) is 17.6. The fourth-order valence-electron chi connectivity index (χ4n) is 2.66. The van der Waals surface area contributed by atoms with Gasteiger partial charge in [-0.1, -0.05) is 12.1 Å². The summed E-state index contributed by atoms with van der Waals surface area (Å²) in [7, 11) is 1.72. The zero-order chi connectivity index (χ0) is 13.5. The second kappa shape index (κ2) is 7.51. The molecule has 1 fully saturated rings. The van der Waals surface area contributed by atoms with Crippen molar-refractivity contribution in [3.05, 3.63) is 29.8 Å². The fraction of sp³-hybridized carbons (Fsp3) is 0.625. The van der Waals surface area contributed by atoms with Crippen LogP contribution in [0.5, 0.6) is 5.75 Å². The summed E-state index contributed by atoms with van der Waals surface area (Å²) in [6.07, 6.45) is 4.00. The van der Waals surface area contributed by atoms with Crippen molar-refractivity contribution in [3.63, 3.8) is 0 Å². The van der Waals surface area contributed by atoms with Gasteiger partial charge in [0.2, 0.25) is 0 Å². The van der Waals surface area contributed by atoms with Crippen molar-refractivity contribution in [1.29, 1.82) is 0 Å². The highest BCUT2D eigenvalue weighted by Crippen LogP contribution is 2.18. The van der Waals surface area contributed by atoms with E-state index in [1.165, 1.54) is 44.5 Å². The zero-order valence-electron chi connectivity index (χ0n) is 12.2. The molecular weight excluding hydrogens is 236 g/mol. The van der Waals surface area contributed by atoms with Crippen LogP contribution in [0.15, 0.2) is 24.3 Å². The molecule has 1 N–H and O–H groups in total. The van der Waals surface area contributed by atoms with E-state index in [9.17, 15) is 0 Å². The molecule has 2 rings (SSSR count). The van der Waals surface area contributed by atoms with Crippen LogP contribution < -0.4 is 10.1 Å². The van der Waals surface area contributed by atoms with E-state index in [0.29, 0.717) is 6.04 Å². The molecule has 0 aliphatic carbocycles. The van der Waals surface area contributed by atoms with E-state index < -0.39 is 0 Å². The predicted octanol–water partition coefficient (Wildman–Crippen LogP) is 2.83. The van der Waals surface area contributed by atoms with Crippen molar-refractivity contribution in [2.24, 2.45) is 0 Å². The molecule has 106 valence electrons. The zero-order valence-corrected chi connectivity index (χ0v) is 12.2. The molecule has 1 atom stereocenters. The molecule has 1 heterocycles. The number of methoxy groups -OCH3 is 1. The van der Waals surface area contributed by atoms with Crippen LogP contribution >= 0.6 is 0 Å². The maximum atomic E-state index is 5.26. The summed E-state index contributed by atoms with van der Waals surface area (Å²) < 4.78 is 5.26. The Morgan fingerprint density at radius 3 is 2.84 bits per heavy atom. The molecule has 1 aromatic carbocycles. The Bertz CT molecular complexity index is 375. The van der Waals surface area contributed by atoms with E-state index in [-0.39, 0.29) is 0 Å². The Labute approximate surface area is 116 Å². The van der Waals surface area contributed by atoms with Crippen molar-refractivity contribution < 1.29 is 4.74 Å². The first-order chi connectivity index (χ1) is 9.29. The average molecular weight is 262 g/mol. The SMILES string of the molecule is COc1cccc([C@H](C)NCCCN2CCCC2)c1. The van der Waals surface area contributed by atoms with Gasteiger partial charge in [-0.3, -0.25) is 0 Å². The van der Waals surface area contributed by atoms with Crippen LogP contribution in [0.25, 0.3) is 0 Å². The van der Waals surface area contributed by atoms with Crippen LogP contribution in [0.1, 0.15) is 37.8 Å². The van der Waals surface area contributed by atoms with E-state index >= 15 is 0 Å². The summed E-state index contributed by atoms with van der Waals surface area (Å²) in [5.74, 6) is 0.934. The molecule has 0 spiro atoms. The smallest absolute Gasteiger partial charge is 0.119 e. The first-order valence-electron chi connectivity index (χ1n) is 7.39. The van der Waals surface area contributed by atoms with Crippen molar-refractivity contribution >= 4 is 0 Å². The molecule has 1 aliphatic rings. The Morgan fingerprint density at radius 1 is 1.32 bits per heavy atom. The van der Waals surface area contributed by atoms with Gasteiger partial charge in [-0.2, -0.15) is 0 Å². The minimum atomic E-state index is 0.383. The molecule has 1 aliphatic heterocycles. The molecule has 0 bridgehead atoms. The van der Waals surface area contributed by atoms with E-state index in [0.717, 1.165) is 12.3 Å². The molecule has 1 saturated heterocycles. The Morgan fingerprint density at radius 2 is 2.11 bits per heavy atom. The van der Waals surface area contributed by atoms with Gasteiger partial charge >= 0.3 is 0 Å². The third kappa shape index (κ3) is 4.51. The number of benzene rings is 1. The van der Waals surface area contributed by atoms with Crippen molar-refractivity contribution in [1.82, 2.24) is 10.2 Å². The quantitative estimate of drug-likeness (QED) is 0.765. The van der Waals surface area contributed by atoms with Gasteiger partial charge in [-0.05, 0) is 70.1 Å². The number of ether oxygens (including phenoxy) is 1. The molecular formula is C16H26N2O. The van der Waals surface area contributed by atoms with Crippen LogP contribution in [-0.2, 0) is 0 Å². The first kappa shape index (κ1) is 14.4. The highest BCUT2D eigenvalue weighted by molar-refractivity contribution is 5.30. The van der Waals surface area contributed by atoms with Crippen LogP contribution in [0.3, 0.4) is 0 Å². The minimum absolute atomic E-state index is 0.383. The number of likely N-dealkylation sites (tertiary alicyclic amines) is 1. The summed E-state index contributed by atoms with van der Waals surface area (Å²) in [6, 6.07) is 8.69. The second-order valence-electron chi connectivity index (χ2n) is 5.35. The molecule has 0 saturated carbocycles. The number of rotatable bonds is 7. The summed E-state index contributed by atoms with van der Waals surface area (Å²) in [5, 5.41) is 3.59. The van der Waals surface area contributed by atoms with Gasteiger partial charge in [0.05, 0.1) is 7.11 Å². The molecule has 3 nitrogen and oxygen atoms in total. The van der Waals surface area contributed by atoms with E-state index in [4.69, 9.17) is 4.74 Å². The number of nitrogens with zero attached hydrogens (tertiary/aromatic N) is 1. The van der Waals surface area contributed by atoms with Gasteiger partial charge in [0, 0.05) is 6.04 Å². The van der Waals surface area contributed by atoms with Gasteiger partial charge in [-0.25, -0.2) is 0 Å². The van der Waals surface area contributed by atoms with Gasteiger partial charge in [0.25, 0.3) is 0 Å². The Kier molecular flexibility index (Phi) is 5.67. The highest BCUT2D eigenvalue weighted by Gasteiger charge is 2.11. The summed E-state index contributed by atoms with van der Waals surface area (Å²) in [6.45, 7) is 7.12. The molecule has 0 aromatic heterocycles. The minimum Gasteiger partial charge on any atom is -0.497 e. The van der Waals surface area contributed by atoms with Gasteiger partial charge in [-0.15, -0.1) is 0 Å². The maximum absolute atomic E-state index is 5.26. The lowest BCUT2D eigenvalue weighted by molar-refractivity contribution is 0.328.